The lowest BCUT2D eigenvalue weighted by molar-refractivity contribution is -0.119. The highest BCUT2D eigenvalue weighted by molar-refractivity contribution is 9.10. The fourth-order valence-electron chi connectivity index (χ4n) is 1.71. The van der Waals surface area contributed by atoms with Gasteiger partial charge >= 0.3 is 0 Å². The first-order valence-corrected chi connectivity index (χ1v) is 8.57. The van der Waals surface area contributed by atoms with Crippen molar-refractivity contribution in [2.24, 2.45) is 0 Å². The Morgan fingerprint density at radius 2 is 1.64 bits per heavy atom. The molecule has 0 heterocycles. The van der Waals surface area contributed by atoms with Gasteiger partial charge in [-0.2, -0.15) is 0 Å². The molecule has 0 aromatic heterocycles. The van der Waals surface area contributed by atoms with Crippen LogP contribution in [-0.2, 0) is 10.5 Å². The van der Waals surface area contributed by atoms with Crippen molar-refractivity contribution in [1.29, 1.82) is 0 Å². The van der Waals surface area contributed by atoms with Gasteiger partial charge < -0.3 is 0 Å². The molecule has 2 N–H and O–H groups in total. The van der Waals surface area contributed by atoms with E-state index in [9.17, 15) is 9.59 Å². The SMILES string of the molecule is O=C(CSCc1ccccc1)NNC(=O)c1ccccc1Br. The Balaban J connectivity index is 1.72. The zero-order valence-electron chi connectivity index (χ0n) is 11.7. The van der Waals surface area contributed by atoms with Gasteiger partial charge in [-0.3, -0.25) is 20.4 Å². The minimum absolute atomic E-state index is 0.235. The van der Waals surface area contributed by atoms with Gasteiger partial charge in [0.15, 0.2) is 0 Å². The molecule has 0 fully saturated rings. The number of hydrogen-bond donors (Lipinski definition) is 2. The van der Waals surface area contributed by atoms with Crippen molar-refractivity contribution in [1.82, 2.24) is 10.9 Å². The van der Waals surface area contributed by atoms with Crippen molar-refractivity contribution >= 4 is 39.5 Å². The molecule has 0 saturated heterocycles. The molecule has 2 amide bonds. The van der Waals surface area contributed by atoms with E-state index in [-0.39, 0.29) is 17.6 Å². The van der Waals surface area contributed by atoms with Crippen molar-refractivity contribution in [2.45, 2.75) is 5.75 Å². The molecule has 4 nitrogen and oxygen atoms in total. The Bertz CT molecular complexity index is 650. The van der Waals surface area contributed by atoms with Gasteiger partial charge in [-0.1, -0.05) is 42.5 Å². The first-order chi connectivity index (χ1) is 10.7. The van der Waals surface area contributed by atoms with Crippen LogP contribution < -0.4 is 10.9 Å². The molecule has 0 saturated carbocycles. The summed E-state index contributed by atoms with van der Waals surface area (Å²) in [5.74, 6) is 0.451. The summed E-state index contributed by atoms with van der Waals surface area (Å²) in [5, 5.41) is 0. The number of amides is 2. The summed E-state index contributed by atoms with van der Waals surface area (Å²) in [4.78, 5) is 23.6. The number of hydrogen-bond acceptors (Lipinski definition) is 3. The number of thioether (sulfide) groups is 1. The Morgan fingerprint density at radius 3 is 2.36 bits per heavy atom. The van der Waals surface area contributed by atoms with E-state index in [2.05, 4.69) is 26.8 Å². The largest absolute Gasteiger partial charge is 0.272 e. The number of carbonyl (C=O) groups is 2. The Kier molecular flexibility index (Phi) is 6.48. The fraction of sp³-hybridized carbons (Fsp3) is 0.125. The van der Waals surface area contributed by atoms with Crippen LogP contribution in [0.5, 0.6) is 0 Å². The van der Waals surface area contributed by atoms with Crippen LogP contribution in [0, 0.1) is 0 Å². The van der Waals surface area contributed by atoms with Gasteiger partial charge in [0, 0.05) is 10.2 Å². The number of nitrogens with one attached hydrogen (secondary N) is 2. The van der Waals surface area contributed by atoms with Crippen molar-refractivity contribution in [2.75, 3.05) is 5.75 Å². The summed E-state index contributed by atoms with van der Waals surface area (Å²) in [6.07, 6.45) is 0. The molecule has 0 atom stereocenters. The van der Waals surface area contributed by atoms with Crippen LogP contribution in [0.2, 0.25) is 0 Å². The van der Waals surface area contributed by atoms with Crippen molar-refractivity contribution < 1.29 is 9.59 Å². The summed E-state index contributed by atoms with van der Waals surface area (Å²) in [5.41, 5.74) is 6.46. The number of benzene rings is 2. The maximum Gasteiger partial charge on any atom is 0.270 e. The molecule has 0 bridgehead atoms. The number of hydrazine groups is 1. The maximum absolute atomic E-state index is 11.9. The first kappa shape index (κ1) is 16.6. The molecule has 114 valence electrons. The summed E-state index contributed by atoms with van der Waals surface area (Å²) < 4.78 is 0.681. The molecule has 6 heteroatoms. The van der Waals surface area contributed by atoms with Crippen molar-refractivity contribution in [3.8, 4) is 0 Å². The molecule has 0 spiro atoms. The predicted molar refractivity (Wildman–Crippen MR) is 92.4 cm³/mol. The highest BCUT2D eigenvalue weighted by atomic mass is 79.9. The lowest BCUT2D eigenvalue weighted by Gasteiger charge is -2.08. The fourth-order valence-corrected chi connectivity index (χ4v) is 2.96. The summed E-state index contributed by atoms with van der Waals surface area (Å²) in [7, 11) is 0. The van der Waals surface area contributed by atoms with Crippen LogP contribution in [0.1, 0.15) is 15.9 Å². The van der Waals surface area contributed by atoms with Gasteiger partial charge in [-0.05, 0) is 33.6 Å². The van der Waals surface area contributed by atoms with E-state index < -0.39 is 0 Å². The third-order valence-electron chi connectivity index (χ3n) is 2.78. The zero-order chi connectivity index (χ0) is 15.8. The summed E-state index contributed by atoms with van der Waals surface area (Å²) >= 11 is 4.79. The average Bonchev–Trinajstić information content (AvgIpc) is 2.54. The van der Waals surface area contributed by atoms with Crippen LogP contribution in [-0.4, -0.2) is 17.6 Å². The van der Waals surface area contributed by atoms with E-state index in [0.717, 1.165) is 11.3 Å². The highest BCUT2D eigenvalue weighted by Gasteiger charge is 2.10. The smallest absolute Gasteiger partial charge is 0.270 e. The summed E-state index contributed by atoms with van der Waals surface area (Å²) in [6.45, 7) is 0. The third kappa shape index (κ3) is 5.20. The van der Waals surface area contributed by atoms with Crippen LogP contribution in [0.4, 0.5) is 0 Å². The molecule has 0 aliphatic heterocycles. The van der Waals surface area contributed by atoms with Crippen LogP contribution >= 0.6 is 27.7 Å². The quantitative estimate of drug-likeness (QED) is 0.785. The van der Waals surface area contributed by atoms with Gasteiger partial charge in [0.1, 0.15) is 0 Å². The minimum Gasteiger partial charge on any atom is -0.272 e. The zero-order valence-corrected chi connectivity index (χ0v) is 14.1. The van der Waals surface area contributed by atoms with E-state index in [1.54, 1.807) is 18.2 Å². The van der Waals surface area contributed by atoms with E-state index in [1.165, 1.54) is 11.8 Å². The van der Waals surface area contributed by atoms with Crippen molar-refractivity contribution in [3.05, 3.63) is 70.2 Å². The first-order valence-electron chi connectivity index (χ1n) is 6.62. The lowest BCUT2D eigenvalue weighted by atomic mass is 10.2. The Morgan fingerprint density at radius 1 is 0.955 bits per heavy atom. The molecular weight excluding hydrogens is 364 g/mol. The topological polar surface area (TPSA) is 58.2 Å². The molecule has 0 unspecified atom stereocenters. The number of carbonyl (C=O) groups excluding carboxylic acids is 2. The van der Waals surface area contributed by atoms with E-state index in [4.69, 9.17) is 0 Å². The van der Waals surface area contributed by atoms with Crippen molar-refractivity contribution in [3.63, 3.8) is 0 Å². The minimum atomic E-state index is -0.353. The highest BCUT2D eigenvalue weighted by Crippen LogP contribution is 2.15. The van der Waals surface area contributed by atoms with Gasteiger partial charge in [0.2, 0.25) is 5.91 Å². The number of rotatable bonds is 5. The van der Waals surface area contributed by atoms with Crippen LogP contribution in [0.25, 0.3) is 0 Å². The Hall–Kier alpha value is -1.79. The second kappa shape index (κ2) is 8.60. The van der Waals surface area contributed by atoms with Gasteiger partial charge in [-0.25, -0.2) is 0 Å². The van der Waals surface area contributed by atoms with Crippen LogP contribution in [0.15, 0.2) is 59.1 Å². The van der Waals surface area contributed by atoms with Gasteiger partial charge in [0.25, 0.3) is 5.91 Å². The molecule has 2 rings (SSSR count). The van der Waals surface area contributed by atoms with Gasteiger partial charge in [0.05, 0.1) is 11.3 Å². The monoisotopic (exact) mass is 378 g/mol. The molecule has 0 radical (unpaired) electrons. The molecule has 22 heavy (non-hydrogen) atoms. The number of halogens is 1. The molecular formula is C16H15BrN2O2S. The average molecular weight is 379 g/mol. The van der Waals surface area contributed by atoms with E-state index >= 15 is 0 Å². The third-order valence-corrected chi connectivity index (χ3v) is 4.47. The predicted octanol–water partition coefficient (Wildman–Crippen LogP) is 3.14. The molecule has 2 aromatic carbocycles. The lowest BCUT2D eigenvalue weighted by Crippen LogP contribution is -2.42. The normalized spacial score (nSPS) is 10.0. The second-order valence-electron chi connectivity index (χ2n) is 4.46. The van der Waals surface area contributed by atoms with Crippen LogP contribution in [0.3, 0.4) is 0 Å². The van der Waals surface area contributed by atoms with Gasteiger partial charge in [-0.15, -0.1) is 11.8 Å². The maximum atomic E-state index is 11.9. The Labute approximate surface area is 141 Å². The molecule has 0 aliphatic carbocycles. The molecule has 2 aromatic rings. The summed E-state index contributed by atoms with van der Waals surface area (Å²) in [6, 6.07) is 16.9. The van der Waals surface area contributed by atoms with E-state index in [0.29, 0.717) is 10.0 Å². The second-order valence-corrected chi connectivity index (χ2v) is 6.30. The molecule has 0 aliphatic rings. The standard InChI is InChI=1S/C16H15BrN2O2S/c17-14-9-5-4-8-13(14)16(21)19-18-15(20)11-22-10-12-6-2-1-3-7-12/h1-9H,10-11H2,(H,18,20)(H,19,21). The van der Waals surface area contributed by atoms with E-state index in [1.807, 2.05) is 36.4 Å².